The molecule has 0 aliphatic carbocycles. The number of benzene rings is 1. The summed E-state index contributed by atoms with van der Waals surface area (Å²) in [6.45, 7) is 1.39. The molecule has 0 spiro atoms. The maximum absolute atomic E-state index is 5.88. The molecule has 2 heterocycles. The first-order valence-electron chi connectivity index (χ1n) is 6.01. The average molecular weight is 294 g/mol. The average Bonchev–Trinajstić information content (AvgIpc) is 2.63. The second-order valence-corrected chi connectivity index (χ2v) is 5.54. The first-order valence-corrected chi connectivity index (χ1v) is 7.21. The van der Waals surface area contributed by atoms with E-state index in [4.69, 9.17) is 21.1 Å². The van der Waals surface area contributed by atoms with Gasteiger partial charge in [-0.05, 0) is 30.3 Å². The van der Waals surface area contributed by atoms with Crippen LogP contribution in [0.2, 0.25) is 5.15 Å². The van der Waals surface area contributed by atoms with Crippen molar-refractivity contribution in [2.45, 2.75) is 16.3 Å². The third kappa shape index (κ3) is 3.14. The number of fused-ring (bicyclic) bond motifs is 1. The molecule has 19 heavy (non-hydrogen) atoms. The van der Waals surface area contributed by atoms with Crippen LogP contribution in [0.3, 0.4) is 0 Å². The number of rotatable bonds is 2. The SMILES string of the molecule is Clc1cccc(Sc2ccc3c(c2)OCCCO3)n1. The summed E-state index contributed by atoms with van der Waals surface area (Å²) in [7, 11) is 0. The van der Waals surface area contributed by atoms with E-state index in [9.17, 15) is 0 Å². The Morgan fingerprint density at radius 1 is 1.05 bits per heavy atom. The van der Waals surface area contributed by atoms with Crippen molar-refractivity contribution in [3.05, 3.63) is 41.6 Å². The van der Waals surface area contributed by atoms with E-state index in [0.717, 1.165) is 27.8 Å². The van der Waals surface area contributed by atoms with E-state index in [1.165, 1.54) is 0 Å². The minimum Gasteiger partial charge on any atom is -0.490 e. The predicted molar refractivity (Wildman–Crippen MR) is 75.4 cm³/mol. The maximum Gasteiger partial charge on any atom is 0.162 e. The number of hydrogen-bond donors (Lipinski definition) is 0. The van der Waals surface area contributed by atoms with Crippen LogP contribution in [0.25, 0.3) is 0 Å². The molecule has 0 bridgehead atoms. The van der Waals surface area contributed by atoms with E-state index < -0.39 is 0 Å². The number of hydrogen-bond acceptors (Lipinski definition) is 4. The fraction of sp³-hybridized carbons (Fsp3) is 0.214. The third-order valence-corrected chi connectivity index (χ3v) is 3.77. The van der Waals surface area contributed by atoms with E-state index in [2.05, 4.69) is 4.98 Å². The van der Waals surface area contributed by atoms with Gasteiger partial charge in [-0.1, -0.05) is 29.4 Å². The molecular formula is C14H12ClNO2S. The highest BCUT2D eigenvalue weighted by Gasteiger charge is 2.11. The molecule has 5 heteroatoms. The van der Waals surface area contributed by atoms with Crippen LogP contribution in [-0.2, 0) is 0 Å². The molecule has 1 aromatic carbocycles. The molecule has 0 radical (unpaired) electrons. The van der Waals surface area contributed by atoms with Crippen LogP contribution in [0, 0.1) is 0 Å². The number of halogens is 1. The standard InChI is InChI=1S/C14H12ClNO2S/c15-13-3-1-4-14(16-13)19-10-5-6-11-12(9-10)18-8-2-7-17-11/h1,3-6,9H,2,7-8H2. The number of pyridine rings is 1. The highest BCUT2D eigenvalue weighted by atomic mass is 35.5. The zero-order chi connectivity index (χ0) is 13.1. The topological polar surface area (TPSA) is 31.4 Å². The van der Waals surface area contributed by atoms with Gasteiger partial charge < -0.3 is 9.47 Å². The molecular weight excluding hydrogens is 282 g/mol. The van der Waals surface area contributed by atoms with Gasteiger partial charge in [0.2, 0.25) is 0 Å². The van der Waals surface area contributed by atoms with Gasteiger partial charge in [0.15, 0.2) is 11.5 Å². The van der Waals surface area contributed by atoms with Crippen LogP contribution in [0.5, 0.6) is 11.5 Å². The second kappa shape index (κ2) is 5.72. The molecule has 0 amide bonds. The van der Waals surface area contributed by atoms with Gasteiger partial charge in [-0.15, -0.1) is 0 Å². The van der Waals surface area contributed by atoms with Crippen LogP contribution < -0.4 is 9.47 Å². The molecule has 98 valence electrons. The second-order valence-electron chi connectivity index (χ2n) is 4.06. The van der Waals surface area contributed by atoms with E-state index >= 15 is 0 Å². The quantitative estimate of drug-likeness (QED) is 0.782. The molecule has 0 unspecified atom stereocenters. The fourth-order valence-corrected chi connectivity index (χ4v) is 2.82. The number of nitrogens with zero attached hydrogens (tertiary/aromatic N) is 1. The Kier molecular flexibility index (Phi) is 3.80. The van der Waals surface area contributed by atoms with Crippen molar-refractivity contribution < 1.29 is 9.47 Å². The highest BCUT2D eigenvalue weighted by molar-refractivity contribution is 7.99. The molecule has 0 saturated carbocycles. The Labute approximate surface area is 120 Å². The number of aromatic nitrogens is 1. The van der Waals surface area contributed by atoms with Gasteiger partial charge >= 0.3 is 0 Å². The van der Waals surface area contributed by atoms with E-state index in [-0.39, 0.29) is 0 Å². The Morgan fingerprint density at radius 3 is 2.74 bits per heavy atom. The fourth-order valence-electron chi connectivity index (χ4n) is 1.77. The van der Waals surface area contributed by atoms with Gasteiger partial charge in [-0.25, -0.2) is 4.98 Å². The molecule has 2 aromatic rings. The van der Waals surface area contributed by atoms with Gasteiger partial charge in [-0.3, -0.25) is 0 Å². The van der Waals surface area contributed by atoms with Gasteiger partial charge in [0.1, 0.15) is 10.2 Å². The lowest BCUT2D eigenvalue weighted by atomic mass is 10.3. The molecule has 1 aliphatic heterocycles. The summed E-state index contributed by atoms with van der Waals surface area (Å²) in [5, 5.41) is 1.36. The summed E-state index contributed by atoms with van der Waals surface area (Å²) in [5.74, 6) is 1.60. The molecule has 1 aliphatic rings. The summed E-state index contributed by atoms with van der Waals surface area (Å²) in [5.41, 5.74) is 0. The Hall–Kier alpha value is -1.39. The number of ether oxygens (including phenoxy) is 2. The first-order chi connectivity index (χ1) is 9.31. The van der Waals surface area contributed by atoms with Crippen LogP contribution in [0.15, 0.2) is 46.3 Å². The molecule has 0 N–H and O–H groups in total. The predicted octanol–water partition coefficient (Wildman–Crippen LogP) is 4.05. The van der Waals surface area contributed by atoms with E-state index in [1.54, 1.807) is 17.8 Å². The minimum atomic E-state index is 0.499. The van der Waals surface area contributed by atoms with Gasteiger partial charge in [-0.2, -0.15) is 0 Å². The zero-order valence-electron chi connectivity index (χ0n) is 10.1. The smallest absolute Gasteiger partial charge is 0.162 e. The van der Waals surface area contributed by atoms with Crippen LogP contribution in [0.4, 0.5) is 0 Å². The van der Waals surface area contributed by atoms with Crippen molar-refractivity contribution in [3.8, 4) is 11.5 Å². The van der Waals surface area contributed by atoms with Crippen molar-refractivity contribution in [1.29, 1.82) is 0 Å². The molecule has 0 atom stereocenters. The van der Waals surface area contributed by atoms with Crippen molar-refractivity contribution in [2.24, 2.45) is 0 Å². The molecule has 0 fully saturated rings. The molecule has 3 nitrogen and oxygen atoms in total. The lowest BCUT2D eigenvalue weighted by molar-refractivity contribution is 0.297. The summed E-state index contributed by atoms with van der Waals surface area (Å²) in [6, 6.07) is 11.5. The molecule has 3 rings (SSSR count). The molecule has 0 saturated heterocycles. The van der Waals surface area contributed by atoms with Gasteiger partial charge in [0.05, 0.1) is 13.2 Å². The maximum atomic E-state index is 5.88. The summed E-state index contributed by atoms with van der Waals surface area (Å²) in [6.07, 6.45) is 0.910. The highest BCUT2D eigenvalue weighted by Crippen LogP contribution is 2.36. The van der Waals surface area contributed by atoms with Crippen molar-refractivity contribution in [3.63, 3.8) is 0 Å². The first kappa shape index (κ1) is 12.6. The minimum absolute atomic E-state index is 0.499. The summed E-state index contributed by atoms with van der Waals surface area (Å²) < 4.78 is 11.3. The van der Waals surface area contributed by atoms with Crippen LogP contribution in [0.1, 0.15) is 6.42 Å². The summed E-state index contributed by atoms with van der Waals surface area (Å²) in [4.78, 5) is 5.31. The Bertz CT molecular complexity index is 591. The van der Waals surface area contributed by atoms with Crippen molar-refractivity contribution in [1.82, 2.24) is 4.98 Å². The van der Waals surface area contributed by atoms with Gasteiger partial charge in [0, 0.05) is 11.3 Å². The van der Waals surface area contributed by atoms with Crippen molar-refractivity contribution >= 4 is 23.4 Å². The zero-order valence-corrected chi connectivity index (χ0v) is 11.7. The van der Waals surface area contributed by atoms with Crippen LogP contribution >= 0.6 is 23.4 Å². The molecule has 1 aromatic heterocycles. The summed E-state index contributed by atoms with van der Waals surface area (Å²) >= 11 is 7.43. The van der Waals surface area contributed by atoms with Gasteiger partial charge in [0.25, 0.3) is 0 Å². The van der Waals surface area contributed by atoms with E-state index in [0.29, 0.717) is 18.4 Å². The largest absolute Gasteiger partial charge is 0.490 e. The lowest BCUT2D eigenvalue weighted by Gasteiger charge is -2.08. The lowest BCUT2D eigenvalue weighted by Crippen LogP contribution is -1.97. The monoisotopic (exact) mass is 293 g/mol. The van der Waals surface area contributed by atoms with Crippen molar-refractivity contribution in [2.75, 3.05) is 13.2 Å². The van der Waals surface area contributed by atoms with Crippen LogP contribution in [-0.4, -0.2) is 18.2 Å². The van der Waals surface area contributed by atoms with E-state index in [1.807, 2.05) is 30.3 Å². The third-order valence-electron chi connectivity index (χ3n) is 2.63. The Morgan fingerprint density at radius 2 is 1.89 bits per heavy atom. The normalized spacial score (nSPS) is 13.9. The Balaban J connectivity index is 1.84.